The number of allylic oxidation sites excluding steroid dienone is 2. The zero-order chi connectivity index (χ0) is 12.4. The summed E-state index contributed by atoms with van der Waals surface area (Å²) in [6, 6.07) is 0. The van der Waals surface area contributed by atoms with Crippen LogP contribution in [0.4, 0.5) is 0 Å². The average molecular weight is 226 g/mol. The Morgan fingerprint density at radius 3 is 2.56 bits per heavy atom. The largest absolute Gasteiger partial charge is 0.390 e. The standard InChI is InChI=1S/C14H26O2/c1-11(2)7-6-9-14(5)12(15)8-10-13(3,4)16-14/h7,12,15H,6,8-10H2,1-5H3/t12-,14+/m1/s1. The minimum atomic E-state index is -0.381. The first-order valence-electron chi connectivity index (χ1n) is 6.27. The summed E-state index contributed by atoms with van der Waals surface area (Å²) in [7, 11) is 0. The van der Waals surface area contributed by atoms with Crippen molar-refractivity contribution >= 4 is 0 Å². The average Bonchev–Trinajstić information content (AvgIpc) is 2.11. The lowest BCUT2D eigenvalue weighted by Gasteiger charge is -2.46. The Kier molecular flexibility index (Phi) is 4.19. The first-order valence-corrected chi connectivity index (χ1v) is 6.27. The van der Waals surface area contributed by atoms with Crippen molar-refractivity contribution in [2.24, 2.45) is 0 Å². The van der Waals surface area contributed by atoms with E-state index in [1.54, 1.807) is 0 Å². The Morgan fingerprint density at radius 1 is 1.38 bits per heavy atom. The van der Waals surface area contributed by atoms with Gasteiger partial charge in [0, 0.05) is 0 Å². The Labute approximate surface area is 99.7 Å². The van der Waals surface area contributed by atoms with E-state index in [1.165, 1.54) is 5.57 Å². The smallest absolute Gasteiger partial charge is 0.0922 e. The zero-order valence-electron chi connectivity index (χ0n) is 11.3. The van der Waals surface area contributed by atoms with E-state index in [4.69, 9.17) is 4.74 Å². The van der Waals surface area contributed by atoms with E-state index in [1.807, 2.05) is 6.92 Å². The number of aliphatic hydroxyl groups excluding tert-OH is 1. The highest BCUT2D eigenvalue weighted by Gasteiger charge is 2.43. The molecule has 0 unspecified atom stereocenters. The van der Waals surface area contributed by atoms with Crippen molar-refractivity contribution in [1.29, 1.82) is 0 Å². The van der Waals surface area contributed by atoms with Crippen LogP contribution in [0.1, 0.15) is 60.3 Å². The van der Waals surface area contributed by atoms with Crippen LogP contribution in [0.15, 0.2) is 11.6 Å². The van der Waals surface area contributed by atoms with Gasteiger partial charge in [0.25, 0.3) is 0 Å². The van der Waals surface area contributed by atoms with E-state index in [9.17, 15) is 5.11 Å². The van der Waals surface area contributed by atoms with Gasteiger partial charge in [-0.2, -0.15) is 0 Å². The van der Waals surface area contributed by atoms with Crippen molar-refractivity contribution in [3.63, 3.8) is 0 Å². The molecule has 0 amide bonds. The molecule has 1 rings (SSSR count). The van der Waals surface area contributed by atoms with Crippen LogP contribution in [0.5, 0.6) is 0 Å². The van der Waals surface area contributed by atoms with Gasteiger partial charge in [-0.15, -0.1) is 0 Å². The van der Waals surface area contributed by atoms with Crippen molar-refractivity contribution in [3.8, 4) is 0 Å². The van der Waals surface area contributed by atoms with Gasteiger partial charge in [0.05, 0.1) is 17.3 Å². The molecule has 0 saturated carbocycles. The molecule has 0 radical (unpaired) electrons. The molecule has 1 heterocycles. The van der Waals surface area contributed by atoms with Crippen LogP contribution in [0.25, 0.3) is 0 Å². The van der Waals surface area contributed by atoms with E-state index in [0.29, 0.717) is 0 Å². The quantitative estimate of drug-likeness (QED) is 0.747. The molecule has 0 aromatic heterocycles. The summed E-state index contributed by atoms with van der Waals surface area (Å²) in [5.41, 5.74) is 0.847. The van der Waals surface area contributed by atoms with E-state index >= 15 is 0 Å². The maximum Gasteiger partial charge on any atom is 0.0922 e. The topological polar surface area (TPSA) is 29.5 Å². The van der Waals surface area contributed by atoms with E-state index in [2.05, 4.69) is 33.8 Å². The Hall–Kier alpha value is -0.340. The van der Waals surface area contributed by atoms with Crippen molar-refractivity contribution in [1.82, 2.24) is 0 Å². The van der Waals surface area contributed by atoms with Crippen LogP contribution >= 0.6 is 0 Å². The summed E-state index contributed by atoms with van der Waals surface area (Å²) >= 11 is 0. The van der Waals surface area contributed by atoms with Gasteiger partial charge in [0.1, 0.15) is 0 Å². The van der Waals surface area contributed by atoms with E-state index in [0.717, 1.165) is 25.7 Å². The number of hydrogen-bond acceptors (Lipinski definition) is 2. The first-order chi connectivity index (χ1) is 7.25. The van der Waals surface area contributed by atoms with Crippen molar-refractivity contribution in [2.45, 2.75) is 77.6 Å². The molecule has 0 spiro atoms. The highest BCUT2D eigenvalue weighted by Crippen LogP contribution is 2.38. The van der Waals surface area contributed by atoms with Gasteiger partial charge >= 0.3 is 0 Å². The second-order valence-corrected chi connectivity index (χ2v) is 6.05. The summed E-state index contributed by atoms with van der Waals surface area (Å²) < 4.78 is 6.08. The van der Waals surface area contributed by atoms with Gasteiger partial charge in [-0.3, -0.25) is 0 Å². The summed E-state index contributed by atoms with van der Waals surface area (Å²) in [4.78, 5) is 0. The lowest BCUT2D eigenvalue weighted by Crippen LogP contribution is -2.52. The van der Waals surface area contributed by atoms with Crippen LogP contribution in [0.3, 0.4) is 0 Å². The summed E-state index contributed by atoms with van der Waals surface area (Å²) in [5, 5.41) is 10.1. The second-order valence-electron chi connectivity index (χ2n) is 6.05. The summed E-state index contributed by atoms with van der Waals surface area (Å²) in [6.07, 6.45) is 5.54. The second kappa shape index (κ2) is 4.89. The molecule has 1 aliphatic rings. The number of rotatable bonds is 3. The van der Waals surface area contributed by atoms with Crippen LogP contribution in [0.2, 0.25) is 0 Å². The lowest BCUT2D eigenvalue weighted by molar-refractivity contribution is -0.218. The molecule has 0 aliphatic carbocycles. The maximum atomic E-state index is 10.1. The molecule has 94 valence electrons. The van der Waals surface area contributed by atoms with Gasteiger partial charge in [-0.1, -0.05) is 11.6 Å². The highest BCUT2D eigenvalue weighted by atomic mass is 16.5. The molecular weight excluding hydrogens is 200 g/mol. The predicted molar refractivity (Wildman–Crippen MR) is 67.5 cm³/mol. The minimum Gasteiger partial charge on any atom is -0.390 e. The molecule has 2 atom stereocenters. The van der Waals surface area contributed by atoms with E-state index in [-0.39, 0.29) is 17.3 Å². The maximum absolute atomic E-state index is 10.1. The summed E-state index contributed by atoms with van der Waals surface area (Å²) in [5.74, 6) is 0. The predicted octanol–water partition coefficient (Wildman–Crippen LogP) is 3.44. The van der Waals surface area contributed by atoms with E-state index < -0.39 is 0 Å². The third-order valence-electron chi connectivity index (χ3n) is 3.43. The van der Waals surface area contributed by atoms with Crippen LogP contribution < -0.4 is 0 Å². The third kappa shape index (κ3) is 3.60. The number of aliphatic hydroxyl groups is 1. The van der Waals surface area contributed by atoms with Crippen molar-refractivity contribution in [2.75, 3.05) is 0 Å². The highest BCUT2D eigenvalue weighted by molar-refractivity contribution is 4.98. The zero-order valence-corrected chi connectivity index (χ0v) is 11.3. The molecular formula is C14H26O2. The molecule has 1 saturated heterocycles. The first kappa shape index (κ1) is 13.7. The fourth-order valence-electron chi connectivity index (χ4n) is 2.40. The van der Waals surface area contributed by atoms with Crippen molar-refractivity contribution < 1.29 is 9.84 Å². The van der Waals surface area contributed by atoms with Gasteiger partial charge < -0.3 is 9.84 Å². The Bertz CT molecular complexity index is 264. The van der Waals surface area contributed by atoms with Gasteiger partial charge in [0.15, 0.2) is 0 Å². The molecule has 1 fully saturated rings. The monoisotopic (exact) mass is 226 g/mol. The lowest BCUT2D eigenvalue weighted by atomic mass is 9.82. The van der Waals surface area contributed by atoms with Gasteiger partial charge in [-0.05, 0) is 60.3 Å². The SMILES string of the molecule is CC(C)=CCC[C@]1(C)OC(C)(C)CC[C@H]1O. The normalized spacial score (nSPS) is 33.5. The van der Waals surface area contributed by atoms with Crippen LogP contribution in [-0.4, -0.2) is 22.4 Å². The fourth-order valence-corrected chi connectivity index (χ4v) is 2.40. The number of hydrogen-bond donors (Lipinski definition) is 1. The third-order valence-corrected chi connectivity index (χ3v) is 3.43. The van der Waals surface area contributed by atoms with Gasteiger partial charge in [-0.25, -0.2) is 0 Å². The molecule has 0 aromatic carbocycles. The molecule has 0 aromatic rings. The molecule has 1 aliphatic heterocycles. The Balaban J connectivity index is 2.62. The van der Waals surface area contributed by atoms with Crippen molar-refractivity contribution in [3.05, 3.63) is 11.6 Å². The number of ether oxygens (including phenoxy) is 1. The Morgan fingerprint density at radius 2 is 2.00 bits per heavy atom. The fraction of sp³-hybridized carbons (Fsp3) is 0.857. The molecule has 2 heteroatoms. The molecule has 0 bridgehead atoms. The van der Waals surface area contributed by atoms with Gasteiger partial charge in [0.2, 0.25) is 0 Å². The molecule has 1 N–H and O–H groups in total. The van der Waals surface area contributed by atoms with Crippen LogP contribution in [0, 0.1) is 0 Å². The molecule has 16 heavy (non-hydrogen) atoms. The van der Waals surface area contributed by atoms with Crippen LogP contribution in [-0.2, 0) is 4.74 Å². The molecule has 2 nitrogen and oxygen atoms in total. The summed E-state index contributed by atoms with van der Waals surface area (Å²) in [6.45, 7) is 10.5. The minimum absolute atomic E-state index is 0.0983.